The molecule has 0 radical (unpaired) electrons. The second-order valence-electron chi connectivity index (χ2n) is 5.28. The summed E-state index contributed by atoms with van der Waals surface area (Å²) in [5.74, 6) is -0.0563. The summed E-state index contributed by atoms with van der Waals surface area (Å²) in [5.41, 5.74) is 6.77. The van der Waals surface area contributed by atoms with Gasteiger partial charge in [0.1, 0.15) is 11.6 Å². The maximum Gasteiger partial charge on any atom is 0.251 e. The predicted molar refractivity (Wildman–Crippen MR) is 91.7 cm³/mol. The largest absolute Gasteiger partial charge is 0.497 e. The molecule has 0 bridgehead atoms. The highest BCUT2D eigenvalue weighted by Gasteiger charge is 2.18. The molecular weight excluding hydrogens is 306 g/mol. The molecule has 0 aliphatic carbocycles. The quantitative estimate of drug-likeness (QED) is 0.429. The zero-order valence-electron chi connectivity index (χ0n) is 13.5. The van der Waals surface area contributed by atoms with Crippen LogP contribution in [0.2, 0.25) is 0 Å². The topological polar surface area (TPSA) is 105 Å². The number of nitrogens with one attached hydrogen (secondary N) is 2. The molecule has 0 aliphatic rings. The van der Waals surface area contributed by atoms with Crippen LogP contribution in [0.1, 0.15) is 33.2 Å². The smallest absolute Gasteiger partial charge is 0.251 e. The van der Waals surface area contributed by atoms with Gasteiger partial charge in [0.15, 0.2) is 5.78 Å². The highest BCUT2D eigenvalue weighted by molar-refractivity contribution is 6.04. The van der Waals surface area contributed by atoms with Crippen LogP contribution < -0.4 is 15.8 Å². The standard InChI is InChI=1S/C18H19N3O3/c1-11(16(22)14-4-3-5-15(10-14)24-2)21-18(23)13-8-6-12(7-9-13)17(19)20/h3-11H,1-2H3,(H3,19,20)(H,21,23)/t11-/m0/s1. The van der Waals surface area contributed by atoms with Crippen LogP contribution in [-0.4, -0.2) is 30.7 Å². The van der Waals surface area contributed by atoms with Crippen molar-refractivity contribution in [2.24, 2.45) is 5.73 Å². The summed E-state index contributed by atoms with van der Waals surface area (Å²) in [7, 11) is 1.53. The lowest BCUT2D eigenvalue weighted by Gasteiger charge is -2.14. The fourth-order valence-electron chi connectivity index (χ4n) is 2.17. The van der Waals surface area contributed by atoms with Crippen LogP contribution in [0.3, 0.4) is 0 Å². The lowest BCUT2D eigenvalue weighted by atomic mass is 10.0. The van der Waals surface area contributed by atoms with Crippen LogP contribution in [0.4, 0.5) is 0 Å². The van der Waals surface area contributed by atoms with E-state index in [4.69, 9.17) is 15.9 Å². The van der Waals surface area contributed by atoms with Gasteiger partial charge in [-0.2, -0.15) is 0 Å². The number of carbonyl (C=O) groups is 2. The van der Waals surface area contributed by atoms with Crippen molar-refractivity contribution >= 4 is 17.5 Å². The summed E-state index contributed by atoms with van der Waals surface area (Å²) in [6.07, 6.45) is 0. The van der Waals surface area contributed by atoms with E-state index in [2.05, 4.69) is 5.32 Å². The van der Waals surface area contributed by atoms with Crippen molar-refractivity contribution in [1.29, 1.82) is 5.41 Å². The average Bonchev–Trinajstić information content (AvgIpc) is 2.61. The first-order valence-electron chi connectivity index (χ1n) is 7.36. The van der Waals surface area contributed by atoms with E-state index in [1.807, 2.05) is 0 Å². The van der Waals surface area contributed by atoms with Gasteiger partial charge in [-0.3, -0.25) is 15.0 Å². The molecule has 6 nitrogen and oxygen atoms in total. The minimum absolute atomic E-state index is 0.0662. The lowest BCUT2D eigenvalue weighted by Crippen LogP contribution is -2.38. The Morgan fingerprint density at radius 3 is 2.29 bits per heavy atom. The summed E-state index contributed by atoms with van der Waals surface area (Å²) in [6, 6.07) is 12.4. The molecule has 6 heteroatoms. The molecule has 24 heavy (non-hydrogen) atoms. The Bertz CT molecular complexity index is 769. The molecule has 0 spiro atoms. The molecular formula is C18H19N3O3. The van der Waals surface area contributed by atoms with Gasteiger partial charge in [-0.05, 0) is 31.2 Å². The van der Waals surface area contributed by atoms with Crippen LogP contribution in [-0.2, 0) is 0 Å². The number of amidine groups is 1. The van der Waals surface area contributed by atoms with Crippen LogP contribution in [0.15, 0.2) is 48.5 Å². The van der Waals surface area contributed by atoms with E-state index >= 15 is 0 Å². The van der Waals surface area contributed by atoms with Crippen molar-refractivity contribution in [1.82, 2.24) is 5.32 Å². The van der Waals surface area contributed by atoms with E-state index in [-0.39, 0.29) is 17.5 Å². The molecule has 4 N–H and O–H groups in total. The molecule has 0 saturated carbocycles. The number of rotatable bonds is 6. The summed E-state index contributed by atoms with van der Waals surface area (Å²) in [6.45, 7) is 1.63. The maximum atomic E-state index is 12.4. The lowest BCUT2D eigenvalue weighted by molar-refractivity contribution is 0.0865. The molecule has 0 heterocycles. The van der Waals surface area contributed by atoms with Crippen molar-refractivity contribution in [3.63, 3.8) is 0 Å². The SMILES string of the molecule is COc1cccc(C(=O)[C@H](C)NC(=O)c2ccc(C(=N)N)cc2)c1. The van der Waals surface area contributed by atoms with Crippen molar-refractivity contribution in [2.75, 3.05) is 7.11 Å². The fourth-order valence-corrected chi connectivity index (χ4v) is 2.17. The van der Waals surface area contributed by atoms with E-state index in [9.17, 15) is 9.59 Å². The summed E-state index contributed by atoms with van der Waals surface area (Å²) >= 11 is 0. The Morgan fingerprint density at radius 2 is 1.71 bits per heavy atom. The molecule has 1 amide bonds. The molecule has 0 unspecified atom stereocenters. The molecule has 0 fully saturated rings. The Morgan fingerprint density at radius 1 is 1.08 bits per heavy atom. The first-order chi connectivity index (χ1) is 11.4. The number of Topliss-reactive ketones (excluding diaryl/α,β-unsaturated/α-hetero) is 1. The monoisotopic (exact) mass is 325 g/mol. The van der Waals surface area contributed by atoms with Crippen LogP contribution >= 0.6 is 0 Å². The third kappa shape index (κ3) is 3.98. The van der Waals surface area contributed by atoms with Gasteiger partial charge in [0.25, 0.3) is 5.91 Å². The predicted octanol–water partition coefficient (Wildman–Crippen LogP) is 1.98. The average molecular weight is 325 g/mol. The minimum Gasteiger partial charge on any atom is -0.497 e. The number of nitrogens with two attached hydrogens (primary N) is 1. The highest BCUT2D eigenvalue weighted by Crippen LogP contribution is 2.14. The second-order valence-corrected chi connectivity index (χ2v) is 5.28. The molecule has 1 atom stereocenters. The third-order valence-electron chi connectivity index (χ3n) is 3.55. The van der Waals surface area contributed by atoms with E-state index in [1.165, 1.54) is 7.11 Å². The van der Waals surface area contributed by atoms with Gasteiger partial charge >= 0.3 is 0 Å². The number of amides is 1. The Hall–Kier alpha value is -3.15. The maximum absolute atomic E-state index is 12.4. The number of carbonyl (C=O) groups excluding carboxylic acids is 2. The van der Waals surface area contributed by atoms with Crippen LogP contribution in [0.5, 0.6) is 5.75 Å². The number of ether oxygens (including phenoxy) is 1. The number of hydrogen-bond donors (Lipinski definition) is 3. The van der Waals surface area contributed by atoms with E-state index in [0.29, 0.717) is 22.4 Å². The van der Waals surface area contributed by atoms with Crippen molar-refractivity contribution in [3.05, 3.63) is 65.2 Å². The van der Waals surface area contributed by atoms with Gasteiger partial charge < -0.3 is 15.8 Å². The van der Waals surface area contributed by atoms with Gasteiger partial charge in [-0.15, -0.1) is 0 Å². The van der Waals surface area contributed by atoms with Gasteiger partial charge in [-0.1, -0.05) is 24.3 Å². The van der Waals surface area contributed by atoms with Gasteiger partial charge in [0.05, 0.1) is 13.2 Å². The number of benzene rings is 2. The summed E-state index contributed by atoms with van der Waals surface area (Å²) in [4.78, 5) is 24.6. The second kappa shape index (κ2) is 7.41. The fraction of sp³-hybridized carbons (Fsp3) is 0.167. The van der Waals surface area contributed by atoms with Gasteiger partial charge in [0, 0.05) is 16.7 Å². The zero-order chi connectivity index (χ0) is 17.7. The Labute approximate surface area is 140 Å². The van der Waals surface area contributed by atoms with Crippen molar-refractivity contribution in [2.45, 2.75) is 13.0 Å². The normalized spacial score (nSPS) is 11.4. The Balaban J connectivity index is 2.07. The minimum atomic E-state index is -0.683. The van der Waals surface area contributed by atoms with Gasteiger partial charge in [0.2, 0.25) is 0 Å². The zero-order valence-corrected chi connectivity index (χ0v) is 13.5. The summed E-state index contributed by atoms with van der Waals surface area (Å²) in [5, 5.41) is 10.00. The van der Waals surface area contributed by atoms with Crippen LogP contribution in [0.25, 0.3) is 0 Å². The molecule has 0 aromatic heterocycles. The first-order valence-corrected chi connectivity index (χ1v) is 7.36. The molecule has 2 aromatic rings. The number of nitrogen functional groups attached to an aromatic ring is 1. The third-order valence-corrected chi connectivity index (χ3v) is 3.55. The summed E-state index contributed by atoms with van der Waals surface area (Å²) < 4.78 is 5.10. The molecule has 2 aromatic carbocycles. The van der Waals surface area contributed by atoms with E-state index in [1.54, 1.807) is 55.5 Å². The van der Waals surface area contributed by atoms with Crippen LogP contribution in [0, 0.1) is 5.41 Å². The number of methoxy groups -OCH3 is 1. The molecule has 0 aliphatic heterocycles. The number of hydrogen-bond acceptors (Lipinski definition) is 4. The van der Waals surface area contributed by atoms with Crippen molar-refractivity contribution in [3.8, 4) is 5.75 Å². The van der Waals surface area contributed by atoms with E-state index < -0.39 is 6.04 Å². The highest BCUT2D eigenvalue weighted by atomic mass is 16.5. The molecule has 0 saturated heterocycles. The molecule has 2 rings (SSSR count). The molecule has 124 valence electrons. The van der Waals surface area contributed by atoms with Crippen molar-refractivity contribution < 1.29 is 14.3 Å². The van der Waals surface area contributed by atoms with Gasteiger partial charge in [-0.25, -0.2) is 0 Å². The first kappa shape index (κ1) is 17.2. The van der Waals surface area contributed by atoms with E-state index in [0.717, 1.165) is 0 Å². The number of ketones is 1. The Kier molecular flexibility index (Phi) is 5.31.